The number of aryl methyl sites for hydroxylation is 1. The van der Waals surface area contributed by atoms with Crippen LogP contribution in [0.25, 0.3) is 0 Å². The third-order valence-corrected chi connectivity index (χ3v) is 3.59. The van der Waals surface area contributed by atoms with Crippen molar-refractivity contribution in [2.45, 2.75) is 19.9 Å². The smallest absolute Gasteiger partial charge is 0.224 e. The summed E-state index contributed by atoms with van der Waals surface area (Å²) >= 11 is 3.33. The summed E-state index contributed by atoms with van der Waals surface area (Å²) in [6.07, 6.45) is 1.95. The van der Waals surface area contributed by atoms with Crippen molar-refractivity contribution in [1.29, 1.82) is 0 Å². The average Bonchev–Trinajstić information content (AvgIpc) is 2.42. The van der Waals surface area contributed by atoms with Gasteiger partial charge in [-0.25, -0.2) is 4.39 Å². The Kier molecular flexibility index (Phi) is 4.84. The van der Waals surface area contributed by atoms with Gasteiger partial charge in [-0.2, -0.15) is 0 Å². The monoisotopic (exact) mass is 336 g/mol. The summed E-state index contributed by atoms with van der Waals surface area (Å²) in [5.41, 5.74) is 2.48. The van der Waals surface area contributed by atoms with Crippen LogP contribution in [-0.2, 0) is 17.8 Å². The highest BCUT2D eigenvalue weighted by Gasteiger charge is 2.06. The number of nitrogens with zero attached hydrogens (tertiary/aromatic N) is 1. The van der Waals surface area contributed by atoms with E-state index < -0.39 is 0 Å². The van der Waals surface area contributed by atoms with Crippen molar-refractivity contribution < 1.29 is 9.18 Å². The first-order chi connectivity index (χ1) is 9.54. The maximum Gasteiger partial charge on any atom is 0.224 e. The second-order valence-electron chi connectivity index (χ2n) is 4.50. The van der Waals surface area contributed by atoms with Crippen LogP contribution >= 0.6 is 15.9 Å². The lowest BCUT2D eigenvalue weighted by molar-refractivity contribution is -0.120. The van der Waals surface area contributed by atoms with E-state index in [2.05, 4.69) is 26.2 Å². The van der Waals surface area contributed by atoms with Gasteiger partial charge in [0.1, 0.15) is 5.82 Å². The highest BCUT2D eigenvalue weighted by Crippen LogP contribution is 2.17. The summed E-state index contributed by atoms with van der Waals surface area (Å²) in [6.45, 7) is 2.18. The molecule has 0 unspecified atom stereocenters. The Morgan fingerprint density at radius 3 is 2.85 bits per heavy atom. The van der Waals surface area contributed by atoms with E-state index in [0.717, 1.165) is 15.7 Å². The van der Waals surface area contributed by atoms with Crippen molar-refractivity contribution in [2.75, 3.05) is 0 Å². The molecular formula is C15H14BrFN2O. The first kappa shape index (κ1) is 14.7. The van der Waals surface area contributed by atoms with E-state index in [1.54, 1.807) is 12.3 Å². The van der Waals surface area contributed by atoms with Gasteiger partial charge in [0.05, 0.1) is 6.42 Å². The molecule has 1 N–H and O–H groups in total. The molecule has 2 aromatic rings. The van der Waals surface area contributed by atoms with Gasteiger partial charge < -0.3 is 5.32 Å². The molecule has 5 heteroatoms. The molecule has 3 nitrogen and oxygen atoms in total. The van der Waals surface area contributed by atoms with Gasteiger partial charge in [0.2, 0.25) is 5.91 Å². The molecule has 1 aromatic carbocycles. The number of rotatable bonds is 4. The molecule has 0 atom stereocenters. The SMILES string of the molecule is Cc1ccc(CC(=O)NCc2cc(F)ccc2Br)cn1. The van der Waals surface area contributed by atoms with Crippen molar-refractivity contribution >= 4 is 21.8 Å². The van der Waals surface area contributed by atoms with Crippen molar-refractivity contribution in [3.63, 3.8) is 0 Å². The topological polar surface area (TPSA) is 42.0 Å². The molecule has 0 aliphatic rings. The Morgan fingerprint density at radius 2 is 2.15 bits per heavy atom. The van der Waals surface area contributed by atoms with Gasteiger partial charge in [-0.1, -0.05) is 22.0 Å². The Bertz CT molecular complexity index is 614. The number of hydrogen-bond acceptors (Lipinski definition) is 2. The van der Waals surface area contributed by atoms with Gasteiger partial charge in [0.15, 0.2) is 0 Å². The fraction of sp³-hybridized carbons (Fsp3) is 0.200. The lowest BCUT2D eigenvalue weighted by Gasteiger charge is -2.07. The van der Waals surface area contributed by atoms with Gasteiger partial charge in [0.25, 0.3) is 0 Å². The van der Waals surface area contributed by atoms with E-state index in [-0.39, 0.29) is 24.7 Å². The number of nitrogens with one attached hydrogen (secondary N) is 1. The van der Waals surface area contributed by atoms with Gasteiger partial charge in [-0.15, -0.1) is 0 Å². The van der Waals surface area contributed by atoms with E-state index in [1.807, 2.05) is 19.1 Å². The zero-order chi connectivity index (χ0) is 14.5. The van der Waals surface area contributed by atoms with Gasteiger partial charge in [0, 0.05) is 22.9 Å². The lowest BCUT2D eigenvalue weighted by atomic mass is 10.2. The maximum atomic E-state index is 13.1. The molecule has 104 valence electrons. The Morgan fingerprint density at radius 1 is 1.35 bits per heavy atom. The van der Waals surface area contributed by atoms with E-state index in [4.69, 9.17) is 0 Å². The number of aromatic nitrogens is 1. The molecule has 1 aromatic heterocycles. The number of benzene rings is 1. The van der Waals surface area contributed by atoms with Crippen molar-refractivity contribution in [2.24, 2.45) is 0 Å². The second-order valence-corrected chi connectivity index (χ2v) is 5.35. The second kappa shape index (κ2) is 6.61. The number of carbonyl (C=O) groups is 1. The van der Waals surface area contributed by atoms with Crippen LogP contribution in [0.2, 0.25) is 0 Å². The zero-order valence-corrected chi connectivity index (χ0v) is 12.6. The van der Waals surface area contributed by atoms with E-state index >= 15 is 0 Å². The molecule has 20 heavy (non-hydrogen) atoms. The van der Waals surface area contributed by atoms with Crippen LogP contribution in [-0.4, -0.2) is 10.9 Å². The van der Waals surface area contributed by atoms with E-state index in [1.165, 1.54) is 12.1 Å². The lowest BCUT2D eigenvalue weighted by Crippen LogP contribution is -2.24. The Hall–Kier alpha value is -1.75. The normalized spacial score (nSPS) is 10.3. The van der Waals surface area contributed by atoms with Crippen LogP contribution in [0.5, 0.6) is 0 Å². The predicted molar refractivity (Wildman–Crippen MR) is 78.6 cm³/mol. The van der Waals surface area contributed by atoms with Crippen molar-refractivity contribution in [1.82, 2.24) is 10.3 Å². The highest BCUT2D eigenvalue weighted by molar-refractivity contribution is 9.10. The Balaban J connectivity index is 1.92. The van der Waals surface area contributed by atoms with Gasteiger partial charge in [-0.05, 0) is 42.3 Å². The standard InChI is InChI=1S/C15H14BrFN2O/c1-10-2-3-11(8-18-10)6-15(20)19-9-12-7-13(17)4-5-14(12)16/h2-5,7-8H,6,9H2,1H3,(H,19,20). The van der Waals surface area contributed by atoms with Crippen LogP contribution < -0.4 is 5.32 Å². The molecule has 0 fully saturated rings. The first-order valence-corrected chi connectivity index (χ1v) is 6.96. The molecular weight excluding hydrogens is 323 g/mol. The molecule has 0 saturated carbocycles. The van der Waals surface area contributed by atoms with Crippen LogP contribution in [0.4, 0.5) is 4.39 Å². The molecule has 0 aliphatic heterocycles. The molecule has 2 rings (SSSR count). The minimum Gasteiger partial charge on any atom is -0.352 e. The van der Waals surface area contributed by atoms with E-state index in [0.29, 0.717) is 5.56 Å². The fourth-order valence-corrected chi connectivity index (χ4v) is 2.11. The summed E-state index contributed by atoms with van der Waals surface area (Å²) in [5.74, 6) is -0.438. The fourth-order valence-electron chi connectivity index (χ4n) is 1.72. The minimum absolute atomic E-state index is 0.119. The molecule has 1 heterocycles. The molecule has 0 saturated heterocycles. The van der Waals surface area contributed by atoms with E-state index in [9.17, 15) is 9.18 Å². The molecule has 0 bridgehead atoms. The quantitative estimate of drug-likeness (QED) is 0.931. The summed E-state index contributed by atoms with van der Waals surface area (Å²) in [5, 5.41) is 2.77. The Labute approximate surface area is 125 Å². The summed E-state index contributed by atoms with van der Waals surface area (Å²) in [6, 6.07) is 8.14. The number of pyridine rings is 1. The molecule has 0 radical (unpaired) electrons. The number of hydrogen-bond donors (Lipinski definition) is 1. The average molecular weight is 337 g/mol. The zero-order valence-electron chi connectivity index (χ0n) is 11.0. The van der Waals surface area contributed by atoms with Gasteiger partial charge in [-0.3, -0.25) is 9.78 Å². The number of halogens is 2. The van der Waals surface area contributed by atoms with Crippen molar-refractivity contribution in [3.8, 4) is 0 Å². The van der Waals surface area contributed by atoms with Crippen molar-refractivity contribution in [3.05, 3.63) is 63.6 Å². The predicted octanol–water partition coefficient (Wildman–Crippen LogP) is 3.15. The molecule has 0 aliphatic carbocycles. The summed E-state index contributed by atoms with van der Waals surface area (Å²) < 4.78 is 13.9. The minimum atomic E-state index is -0.319. The summed E-state index contributed by atoms with van der Waals surface area (Å²) in [4.78, 5) is 16.0. The molecule has 1 amide bonds. The highest BCUT2D eigenvalue weighted by atomic mass is 79.9. The summed E-state index contributed by atoms with van der Waals surface area (Å²) in [7, 11) is 0. The third kappa shape index (κ3) is 4.13. The third-order valence-electron chi connectivity index (χ3n) is 2.82. The maximum absolute atomic E-state index is 13.1. The van der Waals surface area contributed by atoms with Crippen LogP contribution in [0.3, 0.4) is 0 Å². The number of amides is 1. The number of carbonyl (C=O) groups excluding carboxylic acids is 1. The first-order valence-electron chi connectivity index (χ1n) is 6.17. The molecule has 0 spiro atoms. The van der Waals surface area contributed by atoms with Gasteiger partial charge >= 0.3 is 0 Å². The van der Waals surface area contributed by atoms with Crippen LogP contribution in [0.15, 0.2) is 41.0 Å². The van der Waals surface area contributed by atoms with Crippen LogP contribution in [0.1, 0.15) is 16.8 Å². The van der Waals surface area contributed by atoms with Crippen LogP contribution in [0, 0.1) is 12.7 Å². The largest absolute Gasteiger partial charge is 0.352 e.